The average Bonchev–Trinajstić information content (AvgIpc) is 3.34. The number of carboxylic acids is 3. The van der Waals surface area contributed by atoms with Gasteiger partial charge in [0, 0.05) is 44.3 Å². The highest BCUT2D eigenvalue weighted by Gasteiger charge is 2.47. The molecule has 0 radical (unpaired) electrons. The van der Waals surface area contributed by atoms with E-state index in [0.717, 1.165) is 38.3 Å². The lowest BCUT2D eigenvalue weighted by molar-refractivity contribution is -0.193. The van der Waals surface area contributed by atoms with Crippen LogP contribution >= 0.6 is 0 Å². The van der Waals surface area contributed by atoms with E-state index in [9.17, 15) is 44.3 Å². The summed E-state index contributed by atoms with van der Waals surface area (Å²) in [6, 6.07) is 14.2. The number of alkyl halides is 9. The Bertz CT molecular complexity index is 1250. The molecule has 1 unspecified atom stereocenters. The molecule has 2 saturated heterocycles. The summed E-state index contributed by atoms with van der Waals surface area (Å²) < 4.78 is 95.2. The zero-order chi connectivity index (χ0) is 35.5. The van der Waals surface area contributed by atoms with Gasteiger partial charge >= 0.3 is 36.4 Å². The monoisotopic (exact) mass is 678 g/mol. The number of para-hydroxylation sites is 1. The Morgan fingerprint density at radius 3 is 1.70 bits per heavy atom. The predicted molar refractivity (Wildman–Crippen MR) is 139 cm³/mol. The lowest BCUT2D eigenvalue weighted by Crippen LogP contribution is -2.64. The zero-order valence-corrected chi connectivity index (χ0v) is 23.6. The van der Waals surface area contributed by atoms with Gasteiger partial charge in [-0.1, -0.05) is 24.3 Å². The fourth-order valence-corrected chi connectivity index (χ4v) is 4.07. The second kappa shape index (κ2) is 16.2. The van der Waals surface area contributed by atoms with Crippen LogP contribution < -0.4 is 4.90 Å². The Morgan fingerprint density at radius 1 is 0.804 bits per heavy atom. The number of carbonyl (C=O) groups is 4. The van der Waals surface area contributed by atoms with Gasteiger partial charge in [0.15, 0.2) is 0 Å². The van der Waals surface area contributed by atoms with E-state index < -0.39 is 36.4 Å². The number of pyridine rings is 1. The van der Waals surface area contributed by atoms with Crippen LogP contribution in [0.15, 0.2) is 54.9 Å². The van der Waals surface area contributed by atoms with Crippen molar-refractivity contribution < 1.29 is 74.0 Å². The molecule has 1 aromatic heterocycles. The minimum Gasteiger partial charge on any atom is -0.475 e. The first-order chi connectivity index (χ1) is 21.0. The van der Waals surface area contributed by atoms with Crippen LogP contribution in [0, 0.1) is 0 Å². The third-order valence-electron chi connectivity index (χ3n) is 6.27. The van der Waals surface area contributed by atoms with Gasteiger partial charge in [0.1, 0.15) is 0 Å². The van der Waals surface area contributed by atoms with E-state index in [2.05, 4.69) is 27.9 Å². The minimum atomic E-state index is -5.08. The smallest absolute Gasteiger partial charge is 0.475 e. The van der Waals surface area contributed by atoms with Gasteiger partial charge in [0.25, 0.3) is 0 Å². The molecule has 2 aliphatic heterocycles. The number of carbonyl (C=O) groups excluding carboxylic acids is 1. The largest absolute Gasteiger partial charge is 0.490 e. The van der Waals surface area contributed by atoms with Crippen LogP contribution in [0.3, 0.4) is 0 Å². The van der Waals surface area contributed by atoms with Crippen LogP contribution in [-0.4, -0.2) is 111 Å². The fourth-order valence-electron chi connectivity index (χ4n) is 4.07. The van der Waals surface area contributed by atoms with E-state index in [1.807, 2.05) is 53.7 Å². The van der Waals surface area contributed by atoms with Gasteiger partial charge in [0.05, 0.1) is 12.1 Å². The molecule has 20 heteroatoms. The van der Waals surface area contributed by atoms with Crippen LogP contribution in [0.1, 0.15) is 12.0 Å². The zero-order valence-electron chi connectivity index (χ0n) is 23.6. The van der Waals surface area contributed by atoms with Crippen LogP contribution in [0.5, 0.6) is 0 Å². The van der Waals surface area contributed by atoms with Crippen molar-refractivity contribution >= 4 is 29.5 Å². The number of benzene rings is 1. The molecule has 46 heavy (non-hydrogen) atoms. The molecular weight excluding hydrogens is 651 g/mol. The second-order valence-corrected chi connectivity index (χ2v) is 9.63. The van der Waals surface area contributed by atoms with Gasteiger partial charge in [-0.25, -0.2) is 14.4 Å². The third kappa shape index (κ3) is 12.9. The van der Waals surface area contributed by atoms with Gasteiger partial charge < -0.3 is 20.2 Å². The number of likely N-dealkylation sites (tertiary alicyclic amines) is 1. The van der Waals surface area contributed by atoms with E-state index in [1.165, 1.54) is 5.56 Å². The van der Waals surface area contributed by atoms with E-state index in [-0.39, 0.29) is 11.4 Å². The summed E-state index contributed by atoms with van der Waals surface area (Å²) in [5.41, 5.74) is 2.28. The molecule has 2 fully saturated rings. The maximum Gasteiger partial charge on any atom is 0.490 e. The number of likely N-dealkylation sites (N-methyl/N-ethyl adjacent to an activating group) is 1. The standard InChI is InChI=1S/C20H24N4O.3C2HF3O2/c1-22-14-19(25)24(18-7-3-2-4-8-18)16-20(22)9-11-23(15-20)13-17-6-5-10-21-12-17;3*3-2(4,5)1(6)7/h2-8,10,12H,9,11,13-16H2,1H3;3*(H,6,7). The number of aromatic nitrogens is 1. The predicted octanol–water partition coefficient (Wildman–Crippen LogP) is 3.90. The van der Waals surface area contributed by atoms with Crippen molar-refractivity contribution in [2.24, 2.45) is 0 Å². The molecule has 0 aliphatic carbocycles. The number of anilines is 1. The third-order valence-corrected chi connectivity index (χ3v) is 6.27. The van der Waals surface area contributed by atoms with E-state index >= 15 is 0 Å². The Kier molecular flexibility index (Phi) is 13.9. The van der Waals surface area contributed by atoms with Crippen LogP contribution in [0.2, 0.25) is 0 Å². The molecule has 3 heterocycles. The number of rotatable bonds is 3. The molecule has 1 amide bonds. The number of aliphatic carboxylic acids is 3. The molecule has 2 aromatic rings. The van der Waals surface area contributed by atoms with Crippen LogP contribution in [0.25, 0.3) is 0 Å². The molecule has 2 aliphatic rings. The first-order valence-electron chi connectivity index (χ1n) is 12.6. The first kappa shape index (κ1) is 39.6. The number of amides is 1. The van der Waals surface area contributed by atoms with Crippen molar-refractivity contribution in [3.63, 3.8) is 0 Å². The van der Waals surface area contributed by atoms with Gasteiger partial charge in [-0.05, 0) is 37.2 Å². The van der Waals surface area contributed by atoms with Gasteiger partial charge in [-0.3, -0.25) is 19.6 Å². The summed E-state index contributed by atoms with van der Waals surface area (Å²) in [6.07, 6.45) is -10.4. The highest BCUT2D eigenvalue weighted by Crippen LogP contribution is 2.34. The molecule has 1 spiro atoms. The summed E-state index contributed by atoms with van der Waals surface area (Å²) in [5, 5.41) is 21.4. The molecular formula is C26H27F9N4O7. The van der Waals surface area contributed by atoms with Crippen LogP contribution in [0.4, 0.5) is 45.2 Å². The topological polar surface area (TPSA) is 152 Å². The maximum absolute atomic E-state index is 12.6. The molecule has 1 atom stereocenters. The van der Waals surface area contributed by atoms with Crippen molar-refractivity contribution in [2.45, 2.75) is 37.0 Å². The average molecular weight is 679 g/mol. The van der Waals surface area contributed by atoms with E-state index in [0.29, 0.717) is 6.54 Å². The molecule has 256 valence electrons. The van der Waals surface area contributed by atoms with Crippen LogP contribution in [-0.2, 0) is 25.7 Å². The van der Waals surface area contributed by atoms with Gasteiger partial charge in [-0.15, -0.1) is 0 Å². The maximum atomic E-state index is 12.6. The highest BCUT2D eigenvalue weighted by atomic mass is 19.4. The number of carboxylic acid groups (broad SMARTS) is 3. The van der Waals surface area contributed by atoms with E-state index in [4.69, 9.17) is 29.7 Å². The Balaban J connectivity index is 0.000000413. The number of nitrogens with zero attached hydrogens (tertiary/aromatic N) is 4. The molecule has 0 bridgehead atoms. The van der Waals surface area contributed by atoms with Crippen molar-refractivity contribution in [1.29, 1.82) is 0 Å². The number of hydrogen-bond donors (Lipinski definition) is 3. The molecule has 4 rings (SSSR count). The van der Waals surface area contributed by atoms with Crippen molar-refractivity contribution in [1.82, 2.24) is 14.8 Å². The molecule has 11 nitrogen and oxygen atoms in total. The van der Waals surface area contributed by atoms with Crippen molar-refractivity contribution in [3.05, 3.63) is 60.4 Å². The molecule has 1 aromatic carbocycles. The van der Waals surface area contributed by atoms with E-state index in [1.54, 1.807) is 0 Å². The minimum absolute atomic E-state index is 0.0337. The quantitative estimate of drug-likeness (QED) is 0.408. The lowest BCUT2D eigenvalue weighted by atomic mass is 9.92. The summed E-state index contributed by atoms with van der Waals surface area (Å²) >= 11 is 0. The highest BCUT2D eigenvalue weighted by molar-refractivity contribution is 5.96. The molecule has 0 saturated carbocycles. The lowest BCUT2D eigenvalue weighted by Gasteiger charge is -2.47. The Hall–Kier alpha value is -4.46. The fraction of sp³-hybridized carbons (Fsp3) is 0.423. The van der Waals surface area contributed by atoms with Gasteiger partial charge in [-0.2, -0.15) is 39.5 Å². The van der Waals surface area contributed by atoms with Gasteiger partial charge in [0.2, 0.25) is 5.91 Å². The van der Waals surface area contributed by atoms with Crippen molar-refractivity contribution in [3.8, 4) is 0 Å². The van der Waals surface area contributed by atoms with Crippen molar-refractivity contribution in [2.75, 3.05) is 38.1 Å². The Morgan fingerprint density at radius 2 is 1.28 bits per heavy atom. The second-order valence-electron chi connectivity index (χ2n) is 9.63. The Labute approximate surface area is 254 Å². The number of halogens is 9. The normalized spacial score (nSPS) is 18.7. The summed E-state index contributed by atoms with van der Waals surface area (Å²) in [7, 11) is 2.09. The summed E-state index contributed by atoms with van der Waals surface area (Å²) in [5.74, 6) is -8.09. The number of hydrogen-bond acceptors (Lipinski definition) is 7. The number of piperazine rings is 1. The molecule has 3 N–H and O–H groups in total. The summed E-state index contributed by atoms with van der Waals surface area (Å²) in [6.45, 7) is 4.19. The SMILES string of the molecule is CN1CC(=O)N(c2ccccc2)CC12CCN(Cc1cccnc1)C2.O=C(O)C(F)(F)F.O=C(O)C(F)(F)F.O=C(O)C(F)(F)F. The first-order valence-corrected chi connectivity index (χ1v) is 12.6. The summed E-state index contributed by atoms with van der Waals surface area (Å²) in [4.78, 5) is 50.2.